The van der Waals surface area contributed by atoms with Gasteiger partial charge in [-0.1, -0.05) is 6.92 Å². The minimum Gasteiger partial charge on any atom is -0.310 e. The Morgan fingerprint density at radius 1 is 1.33 bits per heavy atom. The van der Waals surface area contributed by atoms with Gasteiger partial charge in [-0.2, -0.15) is 0 Å². The summed E-state index contributed by atoms with van der Waals surface area (Å²) in [5.41, 5.74) is 0. The van der Waals surface area contributed by atoms with Crippen molar-refractivity contribution >= 4 is 34.7 Å². The van der Waals surface area contributed by atoms with E-state index < -0.39 is 9.84 Å². The van der Waals surface area contributed by atoms with Gasteiger partial charge >= 0.3 is 0 Å². The summed E-state index contributed by atoms with van der Waals surface area (Å²) in [4.78, 5) is 2.27. The third kappa shape index (κ3) is 3.20. The maximum atomic E-state index is 11.4. The Balaban J connectivity index is 0.000000980. The van der Waals surface area contributed by atoms with Crippen molar-refractivity contribution in [2.45, 2.75) is 19.0 Å². The molecule has 0 saturated carbocycles. The smallest absolute Gasteiger partial charge is 0.153 e. The number of sulfone groups is 1. The Morgan fingerprint density at radius 2 is 2.00 bits per heavy atom. The largest absolute Gasteiger partial charge is 0.310 e. The van der Waals surface area contributed by atoms with E-state index in [1.54, 1.807) is 0 Å². The lowest BCUT2D eigenvalue weighted by Gasteiger charge is -2.36. The quantitative estimate of drug-likeness (QED) is 0.728. The molecule has 2 saturated heterocycles. The van der Waals surface area contributed by atoms with Crippen LogP contribution in [0.5, 0.6) is 0 Å². The molecule has 15 heavy (non-hydrogen) atoms. The highest BCUT2D eigenvalue weighted by Crippen LogP contribution is 2.20. The summed E-state index contributed by atoms with van der Waals surface area (Å²) >= 11 is 0. The SMILES string of the molecule is CCN1CCNC2CS(=O)(=O)CC21.Cl.Cl. The van der Waals surface area contributed by atoms with Crippen LogP contribution in [0.1, 0.15) is 6.92 Å². The molecule has 0 aromatic carbocycles. The van der Waals surface area contributed by atoms with Crippen LogP contribution >= 0.6 is 24.8 Å². The lowest BCUT2D eigenvalue weighted by Crippen LogP contribution is -2.57. The first-order valence-electron chi connectivity index (χ1n) is 4.80. The molecule has 2 aliphatic rings. The first kappa shape index (κ1) is 15.4. The van der Waals surface area contributed by atoms with Crippen LogP contribution in [0.3, 0.4) is 0 Å². The molecule has 0 aliphatic carbocycles. The molecule has 4 nitrogen and oxygen atoms in total. The third-order valence-electron chi connectivity index (χ3n) is 3.00. The predicted molar refractivity (Wildman–Crippen MR) is 66.0 cm³/mol. The predicted octanol–water partition coefficient (Wildman–Crippen LogP) is -0.0793. The zero-order valence-corrected chi connectivity index (χ0v) is 11.1. The summed E-state index contributed by atoms with van der Waals surface area (Å²) in [5.74, 6) is 0.673. The van der Waals surface area contributed by atoms with Crippen LogP contribution in [0.2, 0.25) is 0 Å². The van der Waals surface area contributed by atoms with Crippen molar-refractivity contribution in [3.63, 3.8) is 0 Å². The van der Waals surface area contributed by atoms with E-state index in [-0.39, 0.29) is 36.9 Å². The Morgan fingerprint density at radius 3 is 2.60 bits per heavy atom. The van der Waals surface area contributed by atoms with Gasteiger partial charge in [0.05, 0.1) is 11.5 Å². The van der Waals surface area contributed by atoms with Crippen LogP contribution in [-0.4, -0.2) is 56.5 Å². The van der Waals surface area contributed by atoms with Crippen LogP contribution in [0.4, 0.5) is 0 Å². The first-order chi connectivity index (χ1) is 6.12. The second-order valence-corrected chi connectivity index (χ2v) is 5.99. The molecule has 2 atom stereocenters. The molecule has 1 N–H and O–H groups in total. The summed E-state index contributed by atoms with van der Waals surface area (Å²) in [5, 5.41) is 3.28. The van der Waals surface area contributed by atoms with Crippen molar-refractivity contribution in [2.24, 2.45) is 0 Å². The molecule has 0 bridgehead atoms. The topological polar surface area (TPSA) is 49.4 Å². The van der Waals surface area contributed by atoms with Gasteiger partial charge in [0.1, 0.15) is 0 Å². The van der Waals surface area contributed by atoms with E-state index >= 15 is 0 Å². The van der Waals surface area contributed by atoms with Gasteiger partial charge in [0.25, 0.3) is 0 Å². The van der Waals surface area contributed by atoms with Crippen molar-refractivity contribution < 1.29 is 8.42 Å². The average molecular weight is 277 g/mol. The highest BCUT2D eigenvalue weighted by molar-refractivity contribution is 7.91. The van der Waals surface area contributed by atoms with Gasteiger partial charge < -0.3 is 5.32 Å². The minimum absolute atomic E-state index is 0. The summed E-state index contributed by atoms with van der Waals surface area (Å²) < 4.78 is 22.8. The molecule has 2 unspecified atom stereocenters. The van der Waals surface area contributed by atoms with Crippen molar-refractivity contribution in [1.29, 1.82) is 0 Å². The number of piperazine rings is 1. The number of nitrogens with one attached hydrogen (secondary N) is 1. The Labute approximate surface area is 104 Å². The Kier molecular flexibility index (Phi) is 5.85. The molecule has 7 heteroatoms. The molecule has 2 rings (SSSR count). The zero-order chi connectivity index (χ0) is 9.47. The summed E-state index contributed by atoms with van der Waals surface area (Å²) in [7, 11) is -2.78. The number of fused-ring (bicyclic) bond motifs is 1. The van der Waals surface area contributed by atoms with Crippen LogP contribution in [0, 0.1) is 0 Å². The number of rotatable bonds is 1. The second-order valence-electron chi connectivity index (χ2n) is 3.83. The van der Waals surface area contributed by atoms with E-state index in [0.717, 1.165) is 19.6 Å². The number of hydrogen-bond acceptors (Lipinski definition) is 4. The minimum atomic E-state index is -2.78. The van der Waals surface area contributed by atoms with Gasteiger partial charge in [-0.15, -0.1) is 24.8 Å². The first-order valence-corrected chi connectivity index (χ1v) is 6.62. The van der Waals surface area contributed by atoms with E-state index in [0.29, 0.717) is 11.5 Å². The second kappa shape index (κ2) is 5.68. The lowest BCUT2D eigenvalue weighted by atomic mass is 10.1. The fourth-order valence-corrected chi connectivity index (χ4v) is 4.32. The van der Waals surface area contributed by atoms with E-state index in [2.05, 4.69) is 17.1 Å². The van der Waals surface area contributed by atoms with Gasteiger partial charge in [0, 0.05) is 25.2 Å². The van der Waals surface area contributed by atoms with Crippen LogP contribution in [0.25, 0.3) is 0 Å². The average Bonchev–Trinajstić information content (AvgIpc) is 2.37. The van der Waals surface area contributed by atoms with Gasteiger partial charge in [-0.25, -0.2) is 8.42 Å². The molecule has 0 aromatic rings. The molecule has 0 spiro atoms. The monoisotopic (exact) mass is 276 g/mol. The number of nitrogens with zero attached hydrogens (tertiary/aromatic N) is 1. The van der Waals surface area contributed by atoms with Crippen molar-refractivity contribution in [2.75, 3.05) is 31.1 Å². The molecule has 2 heterocycles. The Hall–Kier alpha value is 0.450. The van der Waals surface area contributed by atoms with Gasteiger partial charge in [0.15, 0.2) is 9.84 Å². The van der Waals surface area contributed by atoms with Crippen LogP contribution in [-0.2, 0) is 9.84 Å². The maximum absolute atomic E-state index is 11.4. The number of likely N-dealkylation sites (N-methyl/N-ethyl adjacent to an activating group) is 1. The van der Waals surface area contributed by atoms with E-state index in [4.69, 9.17) is 0 Å². The molecular formula is C8H18Cl2N2O2S. The fourth-order valence-electron chi connectivity index (χ4n) is 2.34. The molecule has 0 aromatic heterocycles. The molecule has 2 aliphatic heterocycles. The molecule has 2 fully saturated rings. The fraction of sp³-hybridized carbons (Fsp3) is 1.00. The van der Waals surface area contributed by atoms with Gasteiger partial charge in [-0.05, 0) is 6.54 Å². The Bertz CT molecular complexity index is 297. The molecule has 92 valence electrons. The standard InChI is InChI=1S/C8H16N2O2S.2ClH/c1-2-10-4-3-9-7-5-13(11,12)6-8(7)10;;/h7-9H,2-6H2,1H3;2*1H. The van der Waals surface area contributed by atoms with E-state index in [1.165, 1.54) is 0 Å². The number of halogens is 2. The number of hydrogen-bond donors (Lipinski definition) is 1. The highest BCUT2D eigenvalue weighted by atomic mass is 35.5. The molecular weight excluding hydrogens is 259 g/mol. The third-order valence-corrected chi connectivity index (χ3v) is 4.72. The summed E-state index contributed by atoms with van der Waals surface area (Å²) in [6.07, 6.45) is 0. The summed E-state index contributed by atoms with van der Waals surface area (Å²) in [6.45, 7) is 4.95. The van der Waals surface area contributed by atoms with Gasteiger partial charge in [-0.3, -0.25) is 4.90 Å². The molecule has 0 amide bonds. The van der Waals surface area contributed by atoms with Crippen molar-refractivity contribution in [3.05, 3.63) is 0 Å². The van der Waals surface area contributed by atoms with Crippen molar-refractivity contribution in [3.8, 4) is 0 Å². The normalized spacial score (nSPS) is 33.7. The lowest BCUT2D eigenvalue weighted by molar-refractivity contribution is 0.157. The van der Waals surface area contributed by atoms with E-state index in [1.807, 2.05) is 0 Å². The van der Waals surface area contributed by atoms with E-state index in [9.17, 15) is 8.42 Å². The van der Waals surface area contributed by atoms with Gasteiger partial charge in [0.2, 0.25) is 0 Å². The summed E-state index contributed by atoms with van der Waals surface area (Å²) in [6, 6.07) is 0.405. The van der Waals surface area contributed by atoms with Crippen molar-refractivity contribution in [1.82, 2.24) is 10.2 Å². The van der Waals surface area contributed by atoms with Crippen LogP contribution in [0.15, 0.2) is 0 Å². The zero-order valence-electron chi connectivity index (χ0n) is 8.68. The maximum Gasteiger partial charge on any atom is 0.153 e. The highest BCUT2D eigenvalue weighted by Gasteiger charge is 2.41. The molecule has 0 radical (unpaired) electrons. The van der Waals surface area contributed by atoms with Crippen LogP contribution < -0.4 is 5.32 Å².